The quantitative estimate of drug-likeness (QED) is 0.116. The van der Waals surface area contributed by atoms with Crippen LogP contribution in [-0.4, -0.2) is 20.1 Å². The summed E-state index contributed by atoms with van der Waals surface area (Å²) in [6.45, 7) is 3.03. The summed E-state index contributed by atoms with van der Waals surface area (Å²) in [5, 5.41) is 8.70. The van der Waals surface area contributed by atoms with Crippen LogP contribution in [0.25, 0.3) is 0 Å². The molecule has 0 saturated heterocycles. The summed E-state index contributed by atoms with van der Waals surface area (Å²) < 4.78 is 39.6. The van der Waals surface area contributed by atoms with Gasteiger partial charge in [-0.1, -0.05) is 76.8 Å². The van der Waals surface area contributed by atoms with Crippen molar-refractivity contribution in [3.8, 4) is 11.8 Å². The van der Waals surface area contributed by atoms with Crippen molar-refractivity contribution in [1.29, 1.82) is 5.26 Å². The number of pyridine rings is 1. The molecule has 0 aliphatic rings. The molecule has 0 aliphatic heterocycles. The molecule has 1 aromatic heterocycles. The fourth-order valence-corrected chi connectivity index (χ4v) is 4.69. The van der Waals surface area contributed by atoms with E-state index in [4.69, 9.17) is 10.00 Å². The molecule has 3 aromatic rings. The molecule has 0 N–H and O–H groups in total. The summed E-state index contributed by atoms with van der Waals surface area (Å²) in [6, 6.07) is 20.0. The molecule has 0 fully saturated rings. The maximum absolute atomic E-state index is 10.8. The van der Waals surface area contributed by atoms with E-state index in [1.165, 1.54) is 75.5 Å². The van der Waals surface area contributed by atoms with Gasteiger partial charge in [-0.3, -0.25) is 0 Å². The van der Waals surface area contributed by atoms with Crippen LogP contribution in [0.2, 0.25) is 0 Å². The van der Waals surface area contributed by atoms with Crippen LogP contribution in [0.1, 0.15) is 87.8 Å². The van der Waals surface area contributed by atoms with E-state index in [2.05, 4.69) is 13.0 Å². The predicted octanol–water partition coefficient (Wildman–Crippen LogP) is 6.96. The van der Waals surface area contributed by atoms with Crippen LogP contribution in [0, 0.1) is 11.3 Å². The first-order chi connectivity index (χ1) is 18.9. The third-order valence-corrected chi connectivity index (χ3v) is 7.42. The average molecular weight is 551 g/mol. The van der Waals surface area contributed by atoms with Crippen LogP contribution in [0.4, 0.5) is 0 Å². The Morgan fingerprint density at radius 2 is 1.28 bits per heavy atom. The minimum Gasteiger partial charge on any atom is -0.744 e. The molecule has 39 heavy (non-hydrogen) atoms. The highest BCUT2D eigenvalue weighted by Crippen LogP contribution is 2.15. The molecule has 0 atom stereocenters. The molecule has 7 heteroatoms. The van der Waals surface area contributed by atoms with Gasteiger partial charge in [0.05, 0.1) is 23.6 Å². The van der Waals surface area contributed by atoms with Gasteiger partial charge < -0.3 is 9.29 Å². The first kappa shape index (κ1) is 32.0. The Balaban J connectivity index is 0.000000282. The fourth-order valence-electron chi connectivity index (χ4n) is 4.22. The third-order valence-electron chi connectivity index (χ3n) is 6.58. The largest absolute Gasteiger partial charge is 0.744 e. The van der Waals surface area contributed by atoms with Gasteiger partial charge in [-0.15, -0.1) is 0 Å². The van der Waals surface area contributed by atoms with Gasteiger partial charge in [0, 0.05) is 17.7 Å². The molecule has 3 rings (SSSR count). The van der Waals surface area contributed by atoms with E-state index in [0.717, 1.165) is 30.7 Å². The summed E-state index contributed by atoms with van der Waals surface area (Å²) in [4.78, 5) is -0.140. The molecule has 210 valence electrons. The van der Waals surface area contributed by atoms with Crippen LogP contribution in [0.5, 0.6) is 5.75 Å². The van der Waals surface area contributed by atoms with Crippen molar-refractivity contribution in [1.82, 2.24) is 0 Å². The minimum absolute atomic E-state index is 0.140. The van der Waals surface area contributed by atoms with Crippen LogP contribution < -0.4 is 9.30 Å². The van der Waals surface area contributed by atoms with Crippen molar-refractivity contribution in [2.75, 3.05) is 7.11 Å². The van der Waals surface area contributed by atoms with Gasteiger partial charge in [0.15, 0.2) is 18.9 Å². The zero-order valence-corrected chi connectivity index (χ0v) is 24.2. The highest BCUT2D eigenvalue weighted by atomic mass is 32.2. The smallest absolute Gasteiger partial charge is 0.173 e. The van der Waals surface area contributed by atoms with Gasteiger partial charge in [0.2, 0.25) is 0 Å². The lowest BCUT2D eigenvalue weighted by Gasteiger charge is -2.08. The fraction of sp³-hybridized carbons (Fsp3) is 0.438. The van der Waals surface area contributed by atoms with Crippen molar-refractivity contribution in [2.24, 2.45) is 0 Å². The van der Waals surface area contributed by atoms with E-state index in [1.807, 2.05) is 53.4 Å². The number of aromatic nitrogens is 1. The lowest BCUT2D eigenvalue weighted by atomic mass is 10.0. The number of methoxy groups -OCH3 is 1. The van der Waals surface area contributed by atoms with Crippen molar-refractivity contribution < 1.29 is 22.3 Å². The summed E-state index contributed by atoms with van der Waals surface area (Å²) >= 11 is 0. The Morgan fingerprint density at radius 3 is 1.77 bits per heavy atom. The predicted molar refractivity (Wildman–Crippen MR) is 153 cm³/mol. The Hall–Kier alpha value is -3.21. The van der Waals surface area contributed by atoms with E-state index in [0.29, 0.717) is 5.56 Å². The van der Waals surface area contributed by atoms with Gasteiger partial charge >= 0.3 is 0 Å². The summed E-state index contributed by atoms with van der Waals surface area (Å²) in [6.07, 6.45) is 17.9. The summed E-state index contributed by atoms with van der Waals surface area (Å²) in [5.74, 6) is 0.860. The Morgan fingerprint density at radius 1 is 0.769 bits per heavy atom. The summed E-state index contributed by atoms with van der Waals surface area (Å²) in [5.41, 5.74) is 2.98. The standard InChI is InChI=1S/C18H30O3S.C14H13N2O/c1-2-3-4-5-6-7-8-9-10-11-12-17-13-15-18(16-14-17)22(19,20)21;1-17-14-4-2-13(3-5-14)11-16-8-6-12(10-15)7-9-16/h13-16H,2-12H2,1H3,(H,19,20,21);2-9H,11H2,1H3/q;+1/p-1. The number of aryl methyl sites for hydroxylation is 1. The van der Waals surface area contributed by atoms with Gasteiger partial charge in [0.25, 0.3) is 0 Å². The second-order valence-corrected chi connectivity index (χ2v) is 11.1. The second kappa shape index (κ2) is 18.1. The van der Waals surface area contributed by atoms with Crippen molar-refractivity contribution in [3.05, 3.63) is 89.7 Å². The minimum atomic E-state index is -4.31. The second-order valence-electron chi connectivity index (χ2n) is 9.75. The lowest BCUT2D eigenvalue weighted by Crippen LogP contribution is -2.33. The van der Waals surface area contributed by atoms with Gasteiger partial charge in [0.1, 0.15) is 15.9 Å². The molecule has 6 nitrogen and oxygen atoms in total. The van der Waals surface area contributed by atoms with E-state index < -0.39 is 10.1 Å². The SMILES string of the molecule is CCCCCCCCCCCCc1ccc(S(=O)(=O)[O-])cc1.COc1ccc(C[n+]2ccc(C#N)cc2)cc1. The highest BCUT2D eigenvalue weighted by molar-refractivity contribution is 7.85. The third kappa shape index (κ3) is 13.4. The maximum atomic E-state index is 10.8. The Labute approximate surface area is 235 Å². The first-order valence-corrected chi connectivity index (χ1v) is 15.3. The van der Waals surface area contributed by atoms with Gasteiger partial charge in [-0.25, -0.2) is 13.0 Å². The molecule has 0 unspecified atom stereocenters. The zero-order valence-electron chi connectivity index (χ0n) is 23.3. The molecule has 2 aromatic carbocycles. The van der Waals surface area contributed by atoms with E-state index in [-0.39, 0.29) is 4.90 Å². The normalized spacial score (nSPS) is 10.8. The maximum Gasteiger partial charge on any atom is 0.173 e. The topological polar surface area (TPSA) is 94.1 Å². The molecular formula is C32H42N2O4S. The Kier molecular flexibility index (Phi) is 14.9. The number of hydrogen-bond donors (Lipinski definition) is 0. The Bertz CT molecular complexity index is 1220. The summed E-state index contributed by atoms with van der Waals surface area (Å²) in [7, 11) is -2.66. The van der Waals surface area contributed by atoms with Gasteiger partial charge in [-0.2, -0.15) is 5.26 Å². The number of unbranched alkanes of at least 4 members (excludes halogenated alkanes) is 9. The number of nitriles is 1. The number of nitrogens with zero attached hydrogens (tertiary/aromatic N) is 2. The molecule has 0 bridgehead atoms. The van der Waals surface area contributed by atoms with Crippen LogP contribution >= 0.6 is 0 Å². The molecule has 0 amide bonds. The van der Waals surface area contributed by atoms with Crippen LogP contribution in [-0.2, 0) is 23.1 Å². The lowest BCUT2D eigenvalue weighted by molar-refractivity contribution is -0.688. The van der Waals surface area contributed by atoms with Crippen molar-refractivity contribution in [3.63, 3.8) is 0 Å². The van der Waals surface area contributed by atoms with Crippen molar-refractivity contribution >= 4 is 10.1 Å². The number of ether oxygens (including phenoxy) is 1. The molecule has 0 spiro atoms. The average Bonchev–Trinajstić information content (AvgIpc) is 2.95. The highest BCUT2D eigenvalue weighted by Gasteiger charge is 2.03. The molecule has 0 saturated carbocycles. The number of hydrogen-bond acceptors (Lipinski definition) is 5. The van der Waals surface area contributed by atoms with E-state index >= 15 is 0 Å². The van der Waals surface area contributed by atoms with E-state index in [1.54, 1.807) is 19.2 Å². The zero-order chi connectivity index (χ0) is 28.3. The number of rotatable bonds is 15. The monoisotopic (exact) mass is 550 g/mol. The first-order valence-electron chi connectivity index (χ1n) is 13.9. The van der Waals surface area contributed by atoms with Gasteiger partial charge in [-0.05, 0) is 54.8 Å². The van der Waals surface area contributed by atoms with Crippen LogP contribution in [0.15, 0.2) is 78.0 Å². The van der Waals surface area contributed by atoms with E-state index in [9.17, 15) is 13.0 Å². The molecule has 0 aliphatic carbocycles. The van der Waals surface area contributed by atoms with Crippen molar-refractivity contribution in [2.45, 2.75) is 89.0 Å². The molecule has 1 heterocycles. The number of benzene rings is 2. The molecular weight excluding hydrogens is 508 g/mol. The van der Waals surface area contributed by atoms with Crippen LogP contribution in [0.3, 0.4) is 0 Å². The molecule has 0 radical (unpaired) electrons.